The minimum atomic E-state index is -0.349. The summed E-state index contributed by atoms with van der Waals surface area (Å²) in [6, 6.07) is 4.89. The highest BCUT2D eigenvalue weighted by Crippen LogP contribution is 2.18. The van der Waals surface area contributed by atoms with Crippen molar-refractivity contribution in [2.24, 2.45) is 0 Å². The molecule has 1 aromatic carbocycles. The zero-order chi connectivity index (χ0) is 12.7. The largest absolute Gasteiger partial charge is 0.491 e. The molecule has 0 spiro atoms. The second kappa shape index (κ2) is 7.01. The Morgan fingerprint density at radius 2 is 2.24 bits per heavy atom. The number of Topliss-reactive ketones (excluding diaryl/α,β-unsaturated/α-hetero) is 1. The summed E-state index contributed by atoms with van der Waals surface area (Å²) >= 11 is 0. The number of carbonyl (C=O) groups is 1. The van der Waals surface area contributed by atoms with Crippen molar-refractivity contribution in [2.75, 3.05) is 13.2 Å². The first kappa shape index (κ1) is 13.6. The highest BCUT2D eigenvalue weighted by atomic mass is 19.1. The van der Waals surface area contributed by atoms with E-state index in [1.165, 1.54) is 6.07 Å². The van der Waals surface area contributed by atoms with Gasteiger partial charge < -0.3 is 10.1 Å². The average molecular weight is 239 g/mol. The van der Waals surface area contributed by atoms with Crippen LogP contribution in [0.25, 0.3) is 0 Å². The summed E-state index contributed by atoms with van der Waals surface area (Å²) in [4.78, 5) is 10.7. The zero-order valence-corrected chi connectivity index (χ0v) is 10.3. The van der Waals surface area contributed by atoms with E-state index in [1.54, 1.807) is 13.0 Å². The third-order valence-electron chi connectivity index (χ3n) is 2.28. The van der Waals surface area contributed by atoms with Crippen LogP contribution < -0.4 is 10.1 Å². The smallest absolute Gasteiger partial charge is 0.165 e. The number of hydrogen-bond acceptors (Lipinski definition) is 3. The summed E-state index contributed by atoms with van der Waals surface area (Å²) in [5.41, 5.74) is 0.842. The molecule has 0 unspecified atom stereocenters. The van der Waals surface area contributed by atoms with E-state index in [1.807, 2.05) is 13.0 Å². The van der Waals surface area contributed by atoms with Gasteiger partial charge in [0.2, 0.25) is 0 Å². The van der Waals surface area contributed by atoms with Gasteiger partial charge in [0.05, 0.1) is 6.61 Å². The molecular formula is C13H18FNO2. The van der Waals surface area contributed by atoms with Crippen LogP contribution in [0, 0.1) is 5.82 Å². The van der Waals surface area contributed by atoms with Gasteiger partial charge in [-0.1, -0.05) is 6.07 Å². The van der Waals surface area contributed by atoms with E-state index < -0.39 is 0 Å². The van der Waals surface area contributed by atoms with Crippen LogP contribution in [0.15, 0.2) is 18.2 Å². The first-order valence-corrected chi connectivity index (χ1v) is 5.75. The molecular weight excluding hydrogens is 221 g/mol. The molecule has 94 valence electrons. The van der Waals surface area contributed by atoms with Crippen molar-refractivity contribution in [2.45, 2.75) is 26.8 Å². The van der Waals surface area contributed by atoms with Gasteiger partial charge in [0, 0.05) is 19.5 Å². The maximum Gasteiger partial charge on any atom is 0.165 e. The van der Waals surface area contributed by atoms with Gasteiger partial charge in [-0.05, 0) is 31.5 Å². The number of ether oxygens (including phenoxy) is 1. The van der Waals surface area contributed by atoms with Crippen molar-refractivity contribution < 1.29 is 13.9 Å². The van der Waals surface area contributed by atoms with Crippen molar-refractivity contribution in [3.8, 4) is 5.75 Å². The number of rotatable bonds is 7. The lowest BCUT2D eigenvalue weighted by Gasteiger charge is -2.07. The minimum absolute atomic E-state index is 0.148. The molecule has 0 saturated heterocycles. The summed E-state index contributed by atoms with van der Waals surface area (Å²) in [5, 5.41) is 3.08. The topological polar surface area (TPSA) is 38.3 Å². The lowest BCUT2D eigenvalue weighted by atomic mass is 10.2. The Kier molecular flexibility index (Phi) is 5.63. The quantitative estimate of drug-likeness (QED) is 0.742. The molecule has 0 aliphatic rings. The maximum atomic E-state index is 13.5. The Hall–Kier alpha value is -1.42. The summed E-state index contributed by atoms with van der Waals surface area (Å²) in [6.07, 6.45) is 0.500. The van der Waals surface area contributed by atoms with Crippen LogP contribution in [0.5, 0.6) is 5.75 Å². The van der Waals surface area contributed by atoms with Gasteiger partial charge in [0.25, 0.3) is 0 Å². The molecule has 0 fully saturated rings. The van der Waals surface area contributed by atoms with E-state index in [0.717, 1.165) is 5.56 Å². The maximum absolute atomic E-state index is 13.5. The summed E-state index contributed by atoms with van der Waals surface area (Å²) in [6.45, 7) is 4.99. The first-order valence-electron chi connectivity index (χ1n) is 5.75. The Balaban J connectivity index is 2.44. The highest BCUT2D eigenvalue weighted by Gasteiger charge is 2.03. The molecule has 4 heteroatoms. The normalized spacial score (nSPS) is 10.3. The van der Waals surface area contributed by atoms with E-state index in [-0.39, 0.29) is 17.3 Å². The van der Waals surface area contributed by atoms with Crippen molar-refractivity contribution in [3.05, 3.63) is 29.6 Å². The predicted molar refractivity (Wildman–Crippen MR) is 64.6 cm³/mol. The molecule has 0 aliphatic heterocycles. The lowest BCUT2D eigenvalue weighted by molar-refractivity contribution is -0.116. The van der Waals surface area contributed by atoms with E-state index in [9.17, 15) is 9.18 Å². The van der Waals surface area contributed by atoms with Gasteiger partial charge in [0.1, 0.15) is 5.78 Å². The second-order valence-electron chi connectivity index (χ2n) is 3.83. The lowest BCUT2D eigenvalue weighted by Crippen LogP contribution is -2.16. The standard InChI is InChI=1S/C13H18FNO2/c1-3-17-13-5-4-11(8-12(13)14)9-15-7-6-10(2)16/h4-5,8,15H,3,6-7,9H2,1-2H3. The van der Waals surface area contributed by atoms with Crippen LogP contribution in [-0.2, 0) is 11.3 Å². The Labute approximate surface area is 101 Å². The monoisotopic (exact) mass is 239 g/mol. The predicted octanol–water partition coefficient (Wildman–Crippen LogP) is 2.29. The number of carbonyl (C=O) groups excluding carboxylic acids is 1. The van der Waals surface area contributed by atoms with E-state index >= 15 is 0 Å². The molecule has 0 aromatic heterocycles. The third-order valence-corrected chi connectivity index (χ3v) is 2.28. The summed E-state index contributed by atoms with van der Waals surface area (Å²) in [5.74, 6) is 0.0769. The Morgan fingerprint density at radius 1 is 1.47 bits per heavy atom. The average Bonchev–Trinajstić information content (AvgIpc) is 2.28. The molecule has 3 nitrogen and oxygen atoms in total. The second-order valence-corrected chi connectivity index (χ2v) is 3.83. The number of halogens is 1. The van der Waals surface area contributed by atoms with Gasteiger partial charge in [0.15, 0.2) is 11.6 Å². The molecule has 0 bridgehead atoms. The molecule has 0 saturated carbocycles. The number of hydrogen-bond donors (Lipinski definition) is 1. The molecule has 1 aromatic rings. The van der Waals surface area contributed by atoms with Crippen LogP contribution in [0.1, 0.15) is 25.8 Å². The third kappa shape index (κ3) is 4.95. The fraction of sp³-hybridized carbons (Fsp3) is 0.462. The van der Waals surface area contributed by atoms with Gasteiger partial charge in [-0.25, -0.2) is 4.39 Å². The Morgan fingerprint density at radius 3 is 2.82 bits per heavy atom. The number of nitrogens with one attached hydrogen (secondary N) is 1. The molecule has 0 atom stereocenters. The fourth-order valence-corrected chi connectivity index (χ4v) is 1.42. The van der Waals surface area contributed by atoms with Crippen LogP contribution in [0.3, 0.4) is 0 Å². The van der Waals surface area contributed by atoms with Crippen LogP contribution >= 0.6 is 0 Å². The van der Waals surface area contributed by atoms with Gasteiger partial charge in [-0.15, -0.1) is 0 Å². The van der Waals surface area contributed by atoms with E-state index in [2.05, 4.69) is 5.32 Å². The van der Waals surface area contributed by atoms with Gasteiger partial charge in [-0.3, -0.25) is 4.79 Å². The molecule has 0 aliphatic carbocycles. The zero-order valence-electron chi connectivity index (χ0n) is 10.3. The van der Waals surface area contributed by atoms with Crippen molar-refractivity contribution in [3.63, 3.8) is 0 Å². The molecule has 17 heavy (non-hydrogen) atoms. The molecule has 1 N–H and O–H groups in total. The molecule has 0 amide bonds. The summed E-state index contributed by atoms with van der Waals surface area (Å²) < 4.78 is 18.6. The van der Waals surface area contributed by atoms with Crippen LogP contribution in [0.4, 0.5) is 4.39 Å². The van der Waals surface area contributed by atoms with Crippen molar-refractivity contribution in [1.29, 1.82) is 0 Å². The molecule has 0 heterocycles. The van der Waals surface area contributed by atoms with E-state index in [4.69, 9.17) is 4.74 Å². The SMILES string of the molecule is CCOc1ccc(CNCCC(C)=O)cc1F. The minimum Gasteiger partial charge on any atom is -0.491 e. The van der Waals surface area contributed by atoms with E-state index in [0.29, 0.717) is 26.1 Å². The van der Waals surface area contributed by atoms with Gasteiger partial charge >= 0.3 is 0 Å². The highest BCUT2D eigenvalue weighted by molar-refractivity contribution is 5.75. The van der Waals surface area contributed by atoms with Crippen molar-refractivity contribution in [1.82, 2.24) is 5.32 Å². The first-order chi connectivity index (χ1) is 8.13. The number of benzene rings is 1. The molecule has 0 radical (unpaired) electrons. The van der Waals surface area contributed by atoms with Gasteiger partial charge in [-0.2, -0.15) is 0 Å². The Bertz CT molecular complexity index is 380. The van der Waals surface area contributed by atoms with Crippen LogP contribution in [0.2, 0.25) is 0 Å². The van der Waals surface area contributed by atoms with Crippen LogP contribution in [-0.4, -0.2) is 18.9 Å². The fourth-order valence-electron chi connectivity index (χ4n) is 1.42. The molecule has 1 rings (SSSR count). The van der Waals surface area contributed by atoms with Crippen molar-refractivity contribution >= 4 is 5.78 Å². The summed E-state index contributed by atoms with van der Waals surface area (Å²) in [7, 11) is 0. The number of ketones is 1.